The quantitative estimate of drug-likeness (QED) is 0.113. The molecular formula is C32H36N4O9. The van der Waals surface area contributed by atoms with Gasteiger partial charge in [0.05, 0.1) is 6.04 Å². The predicted molar refractivity (Wildman–Crippen MR) is 162 cm³/mol. The lowest BCUT2D eigenvalue weighted by atomic mass is 10.0. The van der Waals surface area contributed by atoms with E-state index >= 15 is 0 Å². The molecule has 0 bridgehead atoms. The van der Waals surface area contributed by atoms with Crippen LogP contribution in [-0.4, -0.2) is 74.3 Å². The van der Waals surface area contributed by atoms with Crippen molar-refractivity contribution in [1.82, 2.24) is 16.0 Å². The number of phenolic OH excluding ortho intramolecular Hbond substituents is 2. The molecule has 0 saturated heterocycles. The maximum Gasteiger partial charge on any atom is 0.326 e. The Balaban J connectivity index is 1.83. The third kappa shape index (κ3) is 11.3. The molecule has 13 heteroatoms. The van der Waals surface area contributed by atoms with Crippen LogP contribution < -0.4 is 21.7 Å². The van der Waals surface area contributed by atoms with Crippen LogP contribution in [-0.2, 0) is 43.2 Å². The van der Waals surface area contributed by atoms with Crippen LogP contribution in [0, 0.1) is 0 Å². The monoisotopic (exact) mass is 620 g/mol. The van der Waals surface area contributed by atoms with Crippen LogP contribution in [0.25, 0.3) is 0 Å². The van der Waals surface area contributed by atoms with Crippen molar-refractivity contribution in [3.05, 3.63) is 95.6 Å². The highest BCUT2D eigenvalue weighted by molar-refractivity contribution is 5.94. The molecule has 238 valence electrons. The summed E-state index contributed by atoms with van der Waals surface area (Å²) in [6.07, 6.45) is -0.853. The summed E-state index contributed by atoms with van der Waals surface area (Å²) in [4.78, 5) is 62.9. The normalized spacial score (nSPS) is 13.4. The maximum absolute atomic E-state index is 13.7. The van der Waals surface area contributed by atoms with Gasteiger partial charge in [-0.25, -0.2) is 4.79 Å². The molecule has 0 heterocycles. The average Bonchev–Trinajstić information content (AvgIpc) is 3.00. The molecule has 0 aliphatic carbocycles. The van der Waals surface area contributed by atoms with E-state index in [1.165, 1.54) is 24.3 Å². The summed E-state index contributed by atoms with van der Waals surface area (Å²) in [6.45, 7) is 0. The zero-order valence-electron chi connectivity index (χ0n) is 24.3. The molecule has 0 saturated carbocycles. The average molecular weight is 621 g/mol. The van der Waals surface area contributed by atoms with Crippen LogP contribution in [0.4, 0.5) is 0 Å². The van der Waals surface area contributed by atoms with Crippen molar-refractivity contribution in [2.24, 2.45) is 5.73 Å². The summed E-state index contributed by atoms with van der Waals surface area (Å²) in [6, 6.07) is 15.6. The first-order valence-electron chi connectivity index (χ1n) is 14.1. The van der Waals surface area contributed by atoms with Crippen molar-refractivity contribution >= 4 is 29.7 Å². The Hall–Kier alpha value is -5.43. The highest BCUT2D eigenvalue weighted by atomic mass is 16.4. The summed E-state index contributed by atoms with van der Waals surface area (Å²) in [5.41, 5.74) is 8.02. The van der Waals surface area contributed by atoms with Crippen LogP contribution >= 0.6 is 0 Å². The molecule has 0 aliphatic heterocycles. The fraction of sp³-hybridized carbons (Fsp3) is 0.281. The minimum Gasteiger partial charge on any atom is -0.508 e. The van der Waals surface area contributed by atoms with Crippen LogP contribution in [0.2, 0.25) is 0 Å². The van der Waals surface area contributed by atoms with E-state index in [1.807, 2.05) is 0 Å². The van der Waals surface area contributed by atoms with Crippen molar-refractivity contribution in [2.75, 3.05) is 0 Å². The number of benzene rings is 3. The van der Waals surface area contributed by atoms with Gasteiger partial charge in [-0.1, -0.05) is 54.6 Å². The van der Waals surface area contributed by atoms with E-state index in [-0.39, 0.29) is 37.2 Å². The lowest BCUT2D eigenvalue weighted by Gasteiger charge is -2.25. The second-order valence-corrected chi connectivity index (χ2v) is 10.5. The molecular weight excluding hydrogens is 584 g/mol. The molecule has 4 atom stereocenters. The number of carboxylic acid groups (broad SMARTS) is 2. The molecule has 3 aromatic carbocycles. The van der Waals surface area contributed by atoms with Gasteiger partial charge in [-0.3, -0.25) is 19.2 Å². The fourth-order valence-corrected chi connectivity index (χ4v) is 4.46. The Bertz CT molecular complexity index is 1460. The Morgan fingerprint density at radius 3 is 1.47 bits per heavy atom. The van der Waals surface area contributed by atoms with Crippen LogP contribution in [0.5, 0.6) is 11.5 Å². The number of carboxylic acids is 2. The minimum atomic E-state index is -1.52. The van der Waals surface area contributed by atoms with E-state index in [9.17, 15) is 39.3 Å². The standard InChI is InChI=1S/C32H36N4O9/c33-24(16-20-6-10-22(37)11-7-20)29(41)35-26(18-21-8-12-23(38)13-9-21)31(43)36-27(17-19-4-2-1-3-5-19)30(42)34-25(32(44)45)14-15-28(39)40/h1-13,24-27,37-38H,14-18,33H2,(H,34,42)(H,35,41)(H,36,43)(H,39,40)(H,44,45). The van der Waals surface area contributed by atoms with Gasteiger partial charge in [-0.05, 0) is 53.8 Å². The van der Waals surface area contributed by atoms with E-state index < -0.39 is 60.2 Å². The Morgan fingerprint density at radius 2 is 1.00 bits per heavy atom. The molecule has 3 rings (SSSR count). The molecule has 3 aromatic rings. The lowest BCUT2D eigenvalue weighted by Crippen LogP contribution is -2.58. The molecule has 0 aliphatic rings. The van der Waals surface area contributed by atoms with Crippen molar-refractivity contribution in [3.8, 4) is 11.5 Å². The number of rotatable bonds is 16. The summed E-state index contributed by atoms with van der Waals surface area (Å²) in [5, 5.41) is 45.3. The highest BCUT2D eigenvalue weighted by Crippen LogP contribution is 2.14. The Kier molecular flexibility index (Phi) is 12.4. The number of aromatic hydroxyl groups is 2. The smallest absolute Gasteiger partial charge is 0.326 e. The molecule has 4 unspecified atom stereocenters. The number of phenols is 2. The molecule has 9 N–H and O–H groups in total. The zero-order valence-corrected chi connectivity index (χ0v) is 24.3. The highest BCUT2D eigenvalue weighted by Gasteiger charge is 2.31. The summed E-state index contributed by atoms with van der Waals surface area (Å²) in [7, 11) is 0. The number of amides is 3. The number of aliphatic carboxylic acids is 2. The van der Waals surface area contributed by atoms with E-state index in [1.54, 1.807) is 54.6 Å². The van der Waals surface area contributed by atoms with Crippen LogP contribution in [0.1, 0.15) is 29.5 Å². The summed E-state index contributed by atoms with van der Waals surface area (Å²) in [5.74, 6) is -4.91. The molecule has 0 fully saturated rings. The molecule has 45 heavy (non-hydrogen) atoms. The van der Waals surface area contributed by atoms with Gasteiger partial charge >= 0.3 is 11.9 Å². The van der Waals surface area contributed by atoms with Gasteiger partial charge in [-0.2, -0.15) is 0 Å². The molecule has 3 amide bonds. The first kappa shape index (κ1) is 34.1. The van der Waals surface area contributed by atoms with Gasteiger partial charge in [-0.15, -0.1) is 0 Å². The Labute approximate surface area is 259 Å². The van der Waals surface area contributed by atoms with Crippen molar-refractivity contribution in [1.29, 1.82) is 0 Å². The van der Waals surface area contributed by atoms with E-state index in [2.05, 4.69) is 16.0 Å². The van der Waals surface area contributed by atoms with Gasteiger partial charge in [0.15, 0.2) is 0 Å². The first-order chi connectivity index (χ1) is 21.4. The van der Waals surface area contributed by atoms with Gasteiger partial charge in [0.1, 0.15) is 29.6 Å². The van der Waals surface area contributed by atoms with Gasteiger partial charge in [0.25, 0.3) is 0 Å². The van der Waals surface area contributed by atoms with E-state index in [0.717, 1.165) is 0 Å². The number of hydrogen-bond acceptors (Lipinski definition) is 8. The van der Waals surface area contributed by atoms with E-state index in [0.29, 0.717) is 16.7 Å². The minimum absolute atomic E-state index is 0.00446. The number of carbonyl (C=O) groups excluding carboxylic acids is 3. The van der Waals surface area contributed by atoms with Gasteiger partial charge in [0, 0.05) is 19.3 Å². The number of hydrogen-bond donors (Lipinski definition) is 8. The molecule has 0 aromatic heterocycles. The Morgan fingerprint density at radius 1 is 0.578 bits per heavy atom. The summed E-state index contributed by atoms with van der Waals surface area (Å²) >= 11 is 0. The maximum atomic E-state index is 13.7. The predicted octanol–water partition coefficient (Wildman–Crippen LogP) is 0.857. The number of nitrogens with two attached hydrogens (primary N) is 1. The largest absolute Gasteiger partial charge is 0.508 e. The van der Waals surface area contributed by atoms with Crippen molar-refractivity contribution in [3.63, 3.8) is 0 Å². The molecule has 0 spiro atoms. The molecule has 13 nitrogen and oxygen atoms in total. The van der Waals surface area contributed by atoms with Gasteiger partial charge in [0.2, 0.25) is 17.7 Å². The lowest BCUT2D eigenvalue weighted by molar-refractivity contribution is -0.143. The van der Waals surface area contributed by atoms with Crippen LogP contribution in [0.3, 0.4) is 0 Å². The SMILES string of the molecule is NC(Cc1ccc(O)cc1)C(=O)NC(Cc1ccc(O)cc1)C(=O)NC(Cc1ccccc1)C(=O)NC(CCC(=O)O)C(=O)O. The molecule has 0 radical (unpaired) electrons. The van der Waals surface area contributed by atoms with Crippen molar-refractivity contribution in [2.45, 2.75) is 56.3 Å². The third-order valence-electron chi connectivity index (χ3n) is 6.91. The second-order valence-electron chi connectivity index (χ2n) is 10.5. The third-order valence-corrected chi connectivity index (χ3v) is 6.91. The number of nitrogens with one attached hydrogen (secondary N) is 3. The fourth-order valence-electron chi connectivity index (χ4n) is 4.46. The number of carbonyl (C=O) groups is 5. The summed E-state index contributed by atoms with van der Waals surface area (Å²) < 4.78 is 0. The topological polar surface area (TPSA) is 228 Å². The first-order valence-corrected chi connectivity index (χ1v) is 14.1. The van der Waals surface area contributed by atoms with E-state index in [4.69, 9.17) is 10.8 Å². The van der Waals surface area contributed by atoms with Gasteiger partial charge < -0.3 is 42.1 Å². The van der Waals surface area contributed by atoms with Crippen molar-refractivity contribution < 1.29 is 44.4 Å². The second kappa shape index (κ2) is 16.4. The zero-order chi connectivity index (χ0) is 32.9. The van der Waals surface area contributed by atoms with Crippen LogP contribution in [0.15, 0.2) is 78.9 Å².